The summed E-state index contributed by atoms with van der Waals surface area (Å²) in [6, 6.07) is 10.9. The predicted octanol–water partition coefficient (Wildman–Crippen LogP) is 3.07. The van der Waals surface area contributed by atoms with Crippen molar-refractivity contribution in [1.29, 1.82) is 0 Å². The van der Waals surface area contributed by atoms with Crippen LogP contribution in [0.3, 0.4) is 0 Å². The van der Waals surface area contributed by atoms with E-state index >= 15 is 0 Å². The van der Waals surface area contributed by atoms with Crippen LogP contribution in [-0.4, -0.2) is 31.1 Å². The summed E-state index contributed by atoms with van der Waals surface area (Å²) in [4.78, 5) is 2.67. The molecule has 0 aromatic heterocycles. The molecular weight excluding hydrogens is 256 g/mol. The Morgan fingerprint density at radius 1 is 1.05 bits per heavy atom. The van der Waals surface area contributed by atoms with Gasteiger partial charge in [-0.3, -0.25) is 4.90 Å². The van der Waals surface area contributed by atoms with Gasteiger partial charge in [-0.05, 0) is 56.3 Å². The van der Waals surface area contributed by atoms with Crippen molar-refractivity contribution in [2.75, 3.05) is 26.2 Å². The molecule has 3 heteroatoms. The van der Waals surface area contributed by atoms with Gasteiger partial charge in [0, 0.05) is 13.1 Å². The van der Waals surface area contributed by atoms with Crippen molar-refractivity contribution in [3.8, 4) is 0 Å². The molecule has 1 aromatic carbocycles. The molecule has 3 rings (SSSR count). The second-order valence-electron chi connectivity index (χ2n) is 6.05. The van der Waals surface area contributed by atoms with Crippen LogP contribution < -0.4 is 5.32 Å². The summed E-state index contributed by atoms with van der Waals surface area (Å²) in [5.74, 6) is 0. The lowest BCUT2D eigenvalue weighted by molar-refractivity contribution is 0.0552. The molecule has 1 N–H and O–H groups in total. The fraction of sp³-hybridized carbons (Fsp3) is 0.625. The number of piperidine rings is 2. The highest BCUT2D eigenvalue weighted by molar-refractivity contribution is 5.85. The van der Waals surface area contributed by atoms with E-state index in [4.69, 9.17) is 0 Å². The van der Waals surface area contributed by atoms with Gasteiger partial charge in [-0.1, -0.05) is 30.3 Å². The monoisotopic (exact) mass is 280 g/mol. The van der Waals surface area contributed by atoms with Crippen LogP contribution in [0, 0.1) is 5.41 Å². The first-order chi connectivity index (χ1) is 8.86. The summed E-state index contributed by atoms with van der Waals surface area (Å²) in [5, 5.41) is 3.50. The van der Waals surface area contributed by atoms with Crippen LogP contribution >= 0.6 is 12.4 Å². The summed E-state index contributed by atoms with van der Waals surface area (Å²) >= 11 is 0. The van der Waals surface area contributed by atoms with Crippen molar-refractivity contribution >= 4 is 12.4 Å². The number of benzene rings is 1. The summed E-state index contributed by atoms with van der Waals surface area (Å²) in [5.41, 5.74) is 2.08. The minimum atomic E-state index is 0. The zero-order valence-electron chi connectivity index (χ0n) is 11.6. The van der Waals surface area contributed by atoms with Crippen LogP contribution in [0.1, 0.15) is 31.2 Å². The Morgan fingerprint density at radius 3 is 2.53 bits per heavy atom. The smallest absolute Gasteiger partial charge is 0.0233 e. The third-order valence-corrected chi connectivity index (χ3v) is 4.65. The summed E-state index contributed by atoms with van der Waals surface area (Å²) in [6.45, 7) is 6.17. The molecule has 0 bridgehead atoms. The van der Waals surface area contributed by atoms with E-state index in [0.717, 1.165) is 6.54 Å². The first-order valence-electron chi connectivity index (χ1n) is 7.33. The van der Waals surface area contributed by atoms with Gasteiger partial charge >= 0.3 is 0 Å². The Kier molecular flexibility index (Phi) is 5.26. The first kappa shape index (κ1) is 14.8. The Bertz CT molecular complexity index is 368. The van der Waals surface area contributed by atoms with Crippen LogP contribution in [0.5, 0.6) is 0 Å². The SMILES string of the molecule is Cl.c1ccc(CN2CCCC3(CCNCC3)C2)cc1. The first-order valence-corrected chi connectivity index (χ1v) is 7.33. The molecule has 2 aliphatic heterocycles. The zero-order valence-corrected chi connectivity index (χ0v) is 12.4. The average molecular weight is 281 g/mol. The molecule has 2 nitrogen and oxygen atoms in total. The molecule has 2 saturated heterocycles. The van der Waals surface area contributed by atoms with E-state index in [1.54, 1.807) is 0 Å². The molecule has 106 valence electrons. The number of nitrogens with one attached hydrogen (secondary N) is 1. The van der Waals surface area contributed by atoms with Gasteiger partial charge in [-0.15, -0.1) is 12.4 Å². The Labute approximate surface area is 123 Å². The molecule has 2 aliphatic rings. The summed E-state index contributed by atoms with van der Waals surface area (Å²) in [6.07, 6.45) is 5.57. The van der Waals surface area contributed by atoms with E-state index in [-0.39, 0.29) is 12.4 Å². The van der Waals surface area contributed by atoms with Gasteiger partial charge in [0.2, 0.25) is 0 Å². The van der Waals surface area contributed by atoms with E-state index in [0.29, 0.717) is 5.41 Å². The number of hydrogen-bond donors (Lipinski definition) is 1. The lowest BCUT2D eigenvalue weighted by atomic mass is 9.73. The zero-order chi connectivity index (χ0) is 12.3. The highest BCUT2D eigenvalue weighted by Gasteiger charge is 2.36. The topological polar surface area (TPSA) is 15.3 Å². The standard InChI is InChI=1S/C16H24N2.ClH/c1-2-5-15(6-3-1)13-18-12-4-7-16(14-18)8-10-17-11-9-16;/h1-3,5-6,17H,4,7-14H2;1H. The van der Waals surface area contributed by atoms with E-state index in [2.05, 4.69) is 40.5 Å². The number of rotatable bonds is 2. The quantitative estimate of drug-likeness (QED) is 0.896. The lowest BCUT2D eigenvalue weighted by Crippen LogP contribution is -2.48. The normalized spacial score (nSPS) is 22.9. The molecule has 2 fully saturated rings. The summed E-state index contributed by atoms with van der Waals surface area (Å²) in [7, 11) is 0. The number of hydrogen-bond acceptors (Lipinski definition) is 2. The fourth-order valence-electron chi connectivity index (χ4n) is 3.65. The van der Waals surface area contributed by atoms with Crippen molar-refractivity contribution in [2.45, 2.75) is 32.2 Å². The van der Waals surface area contributed by atoms with Crippen LogP contribution in [0.15, 0.2) is 30.3 Å². The van der Waals surface area contributed by atoms with Crippen LogP contribution in [-0.2, 0) is 6.54 Å². The molecule has 0 aliphatic carbocycles. The molecular formula is C16H25ClN2. The molecule has 0 radical (unpaired) electrons. The van der Waals surface area contributed by atoms with Gasteiger partial charge in [0.25, 0.3) is 0 Å². The third-order valence-electron chi connectivity index (χ3n) is 4.65. The van der Waals surface area contributed by atoms with Crippen molar-refractivity contribution in [3.05, 3.63) is 35.9 Å². The van der Waals surface area contributed by atoms with Gasteiger partial charge in [0.05, 0.1) is 0 Å². The highest BCUT2D eigenvalue weighted by atomic mass is 35.5. The lowest BCUT2D eigenvalue weighted by Gasteiger charge is -2.45. The number of likely N-dealkylation sites (tertiary alicyclic amines) is 1. The number of nitrogens with zero attached hydrogens (tertiary/aromatic N) is 1. The van der Waals surface area contributed by atoms with Gasteiger partial charge in [0.1, 0.15) is 0 Å². The Hall–Kier alpha value is -0.570. The van der Waals surface area contributed by atoms with Crippen molar-refractivity contribution in [1.82, 2.24) is 10.2 Å². The molecule has 0 saturated carbocycles. The van der Waals surface area contributed by atoms with Crippen molar-refractivity contribution in [3.63, 3.8) is 0 Å². The number of halogens is 1. The molecule has 0 unspecified atom stereocenters. The van der Waals surface area contributed by atoms with E-state index < -0.39 is 0 Å². The fourth-order valence-corrected chi connectivity index (χ4v) is 3.65. The van der Waals surface area contributed by atoms with Crippen LogP contribution in [0.2, 0.25) is 0 Å². The third kappa shape index (κ3) is 3.71. The van der Waals surface area contributed by atoms with Gasteiger partial charge in [0.15, 0.2) is 0 Å². The molecule has 0 amide bonds. The summed E-state index contributed by atoms with van der Waals surface area (Å²) < 4.78 is 0. The van der Waals surface area contributed by atoms with E-state index in [1.165, 1.54) is 57.4 Å². The minimum absolute atomic E-state index is 0. The Balaban J connectivity index is 0.00000133. The van der Waals surface area contributed by atoms with Crippen LogP contribution in [0.25, 0.3) is 0 Å². The second kappa shape index (κ2) is 6.74. The van der Waals surface area contributed by atoms with Gasteiger partial charge < -0.3 is 5.32 Å². The largest absolute Gasteiger partial charge is 0.317 e. The highest BCUT2D eigenvalue weighted by Crippen LogP contribution is 2.38. The van der Waals surface area contributed by atoms with E-state index in [1.807, 2.05) is 0 Å². The van der Waals surface area contributed by atoms with Crippen molar-refractivity contribution in [2.24, 2.45) is 5.41 Å². The van der Waals surface area contributed by atoms with Gasteiger partial charge in [-0.2, -0.15) is 0 Å². The van der Waals surface area contributed by atoms with Gasteiger partial charge in [-0.25, -0.2) is 0 Å². The maximum Gasteiger partial charge on any atom is 0.0233 e. The second-order valence-corrected chi connectivity index (χ2v) is 6.05. The molecule has 19 heavy (non-hydrogen) atoms. The molecule has 1 aromatic rings. The Morgan fingerprint density at radius 2 is 1.79 bits per heavy atom. The van der Waals surface area contributed by atoms with E-state index in [9.17, 15) is 0 Å². The molecule has 0 atom stereocenters. The predicted molar refractivity (Wildman–Crippen MR) is 82.7 cm³/mol. The minimum Gasteiger partial charge on any atom is -0.317 e. The maximum atomic E-state index is 3.50. The van der Waals surface area contributed by atoms with Crippen LogP contribution in [0.4, 0.5) is 0 Å². The molecule has 1 spiro atoms. The average Bonchev–Trinajstić information content (AvgIpc) is 2.41. The maximum absolute atomic E-state index is 3.50. The van der Waals surface area contributed by atoms with Crippen molar-refractivity contribution < 1.29 is 0 Å². The molecule has 2 heterocycles.